The number of likely N-dealkylation sites (N-methyl/N-ethyl adjacent to an activating group) is 1. The van der Waals surface area contributed by atoms with E-state index in [1.807, 2.05) is 71.0 Å². The summed E-state index contributed by atoms with van der Waals surface area (Å²) in [5.74, 6) is -2.47. The Balaban J connectivity index is 1.87. The van der Waals surface area contributed by atoms with Gasteiger partial charge in [-0.25, -0.2) is 0 Å². The van der Waals surface area contributed by atoms with E-state index in [4.69, 9.17) is 10.5 Å². The molecule has 3 N–H and O–H groups in total. The lowest BCUT2D eigenvalue weighted by atomic mass is 9.85. The molecule has 0 unspecified atom stereocenters. The van der Waals surface area contributed by atoms with Gasteiger partial charge < -0.3 is 15.4 Å². The molecule has 3 rings (SSSR count). The third-order valence-electron chi connectivity index (χ3n) is 7.99. The normalized spacial score (nSPS) is 15.4. The summed E-state index contributed by atoms with van der Waals surface area (Å²) in [4.78, 5) is 69.2. The van der Waals surface area contributed by atoms with Crippen molar-refractivity contribution in [3.8, 4) is 0 Å². The van der Waals surface area contributed by atoms with Gasteiger partial charge in [0.25, 0.3) is 11.8 Å². The fourth-order valence-electron chi connectivity index (χ4n) is 5.48. The monoisotopic (exact) mass is 634 g/mol. The largest absolute Gasteiger partial charge is 0.459 e. The number of nitrogens with two attached hydrogens (primary N) is 1. The molecule has 1 heterocycles. The number of carbonyl (C=O) groups excluding carboxylic acids is 5. The summed E-state index contributed by atoms with van der Waals surface area (Å²) in [5.41, 5.74) is 7.17. The second-order valence-corrected chi connectivity index (χ2v) is 14.6. The van der Waals surface area contributed by atoms with Gasteiger partial charge in [0.15, 0.2) is 0 Å². The van der Waals surface area contributed by atoms with Gasteiger partial charge in [-0.3, -0.25) is 34.2 Å². The van der Waals surface area contributed by atoms with Gasteiger partial charge in [0.05, 0.1) is 17.2 Å². The number of hydrogen-bond donors (Lipinski definition) is 2. The van der Waals surface area contributed by atoms with Crippen LogP contribution in [0.25, 0.3) is 0 Å². The number of esters is 1. The van der Waals surface area contributed by atoms with Gasteiger partial charge in [-0.1, -0.05) is 71.0 Å². The van der Waals surface area contributed by atoms with Crippen LogP contribution in [0.5, 0.6) is 0 Å². The minimum atomic E-state index is -1.03. The minimum absolute atomic E-state index is 0.0152. The first-order valence-corrected chi connectivity index (χ1v) is 15.9. The first-order chi connectivity index (χ1) is 21.3. The van der Waals surface area contributed by atoms with Crippen LogP contribution >= 0.6 is 0 Å². The number of rotatable bonds is 13. The second kappa shape index (κ2) is 14.6. The van der Waals surface area contributed by atoms with Crippen molar-refractivity contribution in [2.45, 2.75) is 104 Å². The van der Waals surface area contributed by atoms with Crippen LogP contribution in [0.2, 0.25) is 0 Å². The van der Waals surface area contributed by atoms with Gasteiger partial charge in [-0.05, 0) is 68.2 Å². The van der Waals surface area contributed by atoms with Crippen molar-refractivity contribution in [1.82, 2.24) is 15.1 Å². The summed E-state index contributed by atoms with van der Waals surface area (Å²) in [6.45, 7) is 15.2. The van der Waals surface area contributed by atoms with Crippen LogP contribution in [-0.2, 0) is 31.0 Å². The Hall–Kier alpha value is -4.05. The zero-order valence-corrected chi connectivity index (χ0v) is 28.7. The maximum atomic E-state index is 14.0. The van der Waals surface area contributed by atoms with Gasteiger partial charge in [0.2, 0.25) is 11.8 Å². The quantitative estimate of drug-likeness (QED) is 0.248. The molecule has 0 bridgehead atoms. The average Bonchev–Trinajstić information content (AvgIpc) is 3.19. The van der Waals surface area contributed by atoms with Crippen LogP contribution in [-0.4, -0.2) is 76.7 Å². The summed E-state index contributed by atoms with van der Waals surface area (Å²) < 4.78 is 5.71. The Morgan fingerprint density at radius 1 is 0.913 bits per heavy atom. The molecular weight excluding hydrogens is 584 g/mol. The summed E-state index contributed by atoms with van der Waals surface area (Å²) in [7, 11) is 1.53. The van der Waals surface area contributed by atoms with Crippen molar-refractivity contribution in [2.24, 2.45) is 11.7 Å². The molecule has 3 atom stereocenters. The van der Waals surface area contributed by atoms with E-state index >= 15 is 0 Å². The Labute approximate surface area is 273 Å². The minimum Gasteiger partial charge on any atom is -0.459 e. The van der Waals surface area contributed by atoms with Gasteiger partial charge in [0, 0.05) is 20.0 Å². The molecular formula is C36H50N4O6. The van der Waals surface area contributed by atoms with E-state index in [1.165, 1.54) is 11.9 Å². The maximum Gasteiger partial charge on any atom is 0.323 e. The van der Waals surface area contributed by atoms with Crippen LogP contribution in [0, 0.1) is 5.92 Å². The van der Waals surface area contributed by atoms with E-state index in [9.17, 15) is 24.0 Å². The SMILES string of the molecule is CC(C)C[C@H](N[C@H](CCN1C(=O)c2ccc(C(C)(C)C)cc2C1=O)C(=O)OC(C)(C)C)C(=O)N(C)[C@@H](Cc1ccccc1)C(N)=O. The molecule has 10 nitrogen and oxygen atoms in total. The predicted octanol–water partition coefficient (Wildman–Crippen LogP) is 4.24. The molecule has 10 heteroatoms. The molecule has 2 aromatic carbocycles. The molecule has 0 saturated carbocycles. The Morgan fingerprint density at radius 3 is 2.07 bits per heavy atom. The van der Waals surface area contributed by atoms with Crippen molar-refractivity contribution < 1.29 is 28.7 Å². The molecule has 0 fully saturated rings. The van der Waals surface area contributed by atoms with Crippen molar-refractivity contribution in [3.05, 3.63) is 70.8 Å². The van der Waals surface area contributed by atoms with Gasteiger partial charge in [-0.2, -0.15) is 0 Å². The summed E-state index contributed by atoms with van der Waals surface area (Å²) in [6, 6.07) is 11.8. The number of benzene rings is 2. The molecule has 4 amide bonds. The highest BCUT2D eigenvalue weighted by Crippen LogP contribution is 2.30. The van der Waals surface area contributed by atoms with Gasteiger partial charge >= 0.3 is 5.97 Å². The van der Waals surface area contributed by atoms with Gasteiger partial charge in [0.1, 0.15) is 17.7 Å². The van der Waals surface area contributed by atoms with E-state index in [2.05, 4.69) is 5.32 Å². The Kier molecular flexibility index (Phi) is 11.5. The number of nitrogens with one attached hydrogen (secondary N) is 1. The second-order valence-electron chi connectivity index (χ2n) is 14.6. The van der Waals surface area contributed by atoms with Crippen LogP contribution < -0.4 is 11.1 Å². The Bertz CT molecular complexity index is 1440. The van der Waals surface area contributed by atoms with Crippen LogP contribution in [0.3, 0.4) is 0 Å². The van der Waals surface area contributed by atoms with Crippen molar-refractivity contribution in [1.29, 1.82) is 0 Å². The summed E-state index contributed by atoms with van der Waals surface area (Å²) in [6.07, 6.45) is 0.599. The van der Waals surface area contributed by atoms with E-state index in [0.717, 1.165) is 16.0 Å². The van der Waals surface area contributed by atoms with Crippen LogP contribution in [0.1, 0.15) is 100 Å². The topological polar surface area (TPSA) is 139 Å². The van der Waals surface area contributed by atoms with Crippen molar-refractivity contribution in [2.75, 3.05) is 13.6 Å². The molecule has 0 aliphatic carbocycles. The number of nitrogens with zero attached hydrogens (tertiary/aromatic N) is 2. The number of primary amides is 1. The number of imide groups is 1. The molecule has 1 aliphatic heterocycles. The number of hydrogen-bond acceptors (Lipinski definition) is 7. The number of fused-ring (bicyclic) bond motifs is 1. The smallest absolute Gasteiger partial charge is 0.323 e. The molecule has 0 saturated heterocycles. The van der Waals surface area contributed by atoms with E-state index in [0.29, 0.717) is 17.5 Å². The third kappa shape index (κ3) is 9.25. The number of amides is 4. The zero-order chi connectivity index (χ0) is 34.6. The number of carbonyl (C=O) groups is 5. The fraction of sp³-hybridized carbons (Fsp3) is 0.528. The van der Waals surface area contributed by atoms with Crippen LogP contribution in [0.4, 0.5) is 0 Å². The maximum absolute atomic E-state index is 14.0. The molecule has 1 aliphatic rings. The lowest BCUT2D eigenvalue weighted by molar-refractivity contribution is -0.158. The highest BCUT2D eigenvalue weighted by Gasteiger charge is 2.39. The van der Waals surface area contributed by atoms with Crippen LogP contribution in [0.15, 0.2) is 48.5 Å². The molecule has 0 spiro atoms. The lowest BCUT2D eigenvalue weighted by Crippen LogP contribution is -2.57. The van der Waals surface area contributed by atoms with E-state index < -0.39 is 53.3 Å². The average molecular weight is 635 g/mol. The van der Waals surface area contributed by atoms with E-state index in [1.54, 1.807) is 32.9 Å². The third-order valence-corrected chi connectivity index (χ3v) is 7.99. The zero-order valence-electron chi connectivity index (χ0n) is 28.7. The fourth-order valence-corrected chi connectivity index (χ4v) is 5.48. The first kappa shape index (κ1) is 36.4. The Morgan fingerprint density at radius 2 is 1.52 bits per heavy atom. The van der Waals surface area contributed by atoms with E-state index in [-0.39, 0.29) is 30.7 Å². The first-order valence-electron chi connectivity index (χ1n) is 15.9. The van der Waals surface area contributed by atoms with Gasteiger partial charge in [-0.15, -0.1) is 0 Å². The highest BCUT2D eigenvalue weighted by atomic mass is 16.6. The summed E-state index contributed by atoms with van der Waals surface area (Å²) >= 11 is 0. The molecule has 2 aromatic rings. The molecule has 46 heavy (non-hydrogen) atoms. The molecule has 250 valence electrons. The molecule has 0 radical (unpaired) electrons. The van der Waals surface area contributed by atoms with Crippen molar-refractivity contribution in [3.63, 3.8) is 0 Å². The number of ether oxygens (including phenoxy) is 1. The lowest BCUT2D eigenvalue weighted by Gasteiger charge is -2.33. The predicted molar refractivity (Wildman–Crippen MR) is 177 cm³/mol. The standard InChI is InChI=1S/C36H50N4O6/c1-22(2)19-28(33(44)39(9)29(30(37)41)20-23-13-11-10-12-14-23)38-27(34(45)46-36(6,7)8)17-18-40-31(42)25-16-15-24(35(3,4)5)21-26(25)32(40)43/h10-16,21-22,27-29,38H,17-20H2,1-9H3,(H2,37,41)/t27-,28+,29+/m1/s1. The van der Waals surface area contributed by atoms with Crippen molar-refractivity contribution >= 4 is 29.6 Å². The summed E-state index contributed by atoms with van der Waals surface area (Å²) in [5, 5.41) is 3.18. The molecule has 0 aromatic heterocycles. The highest BCUT2D eigenvalue weighted by molar-refractivity contribution is 6.21.